The van der Waals surface area contributed by atoms with E-state index in [9.17, 15) is 4.79 Å². The molecule has 1 aromatic heterocycles. The van der Waals surface area contributed by atoms with Gasteiger partial charge in [-0.2, -0.15) is 0 Å². The molecule has 102 valence electrons. The van der Waals surface area contributed by atoms with E-state index in [2.05, 4.69) is 16.8 Å². The third kappa shape index (κ3) is 3.81. The topological polar surface area (TPSA) is 55.1 Å². The maximum absolute atomic E-state index is 11.8. The van der Waals surface area contributed by atoms with Crippen LogP contribution < -0.4 is 5.56 Å². The summed E-state index contributed by atoms with van der Waals surface area (Å²) >= 11 is 0. The lowest BCUT2D eigenvalue weighted by atomic mass is 10.1. The van der Waals surface area contributed by atoms with Crippen LogP contribution in [0, 0.1) is 18.8 Å². The van der Waals surface area contributed by atoms with Crippen LogP contribution in [0.3, 0.4) is 0 Å². The SMILES string of the molecule is Cc1cc(=O)n(Cc2ccc(C#CCCO)cc2)cn1. The smallest absolute Gasteiger partial charge is 0.253 e. The molecule has 0 aliphatic rings. The first kappa shape index (κ1) is 14.0. The molecule has 4 nitrogen and oxygen atoms in total. The van der Waals surface area contributed by atoms with E-state index in [1.807, 2.05) is 24.3 Å². The predicted octanol–water partition coefficient (Wildman–Crippen LogP) is 1.33. The van der Waals surface area contributed by atoms with Gasteiger partial charge in [0.25, 0.3) is 5.56 Å². The molecular formula is C16H16N2O2. The Morgan fingerprint density at radius 2 is 2.05 bits per heavy atom. The normalized spacial score (nSPS) is 9.90. The van der Waals surface area contributed by atoms with Crippen molar-refractivity contribution in [1.29, 1.82) is 0 Å². The molecule has 0 saturated heterocycles. The monoisotopic (exact) mass is 268 g/mol. The van der Waals surface area contributed by atoms with Crippen molar-refractivity contribution in [2.24, 2.45) is 0 Å². The van der Waals surface area contributed by atoms with Gasteiger partial charge in [-0.25, -0.2) is 4.98 Å². The van der Waals surface area contributed by atoms with Gasteiger partial charge in [0.15, 0.2) is 0 Å². The van der Waals surface area contributed by atoms with Crippen LogP contribution in [0.4, 0.5) is 0 Å². The van der Waals surface area contributed by atoms with Crippen LogP contribution in [0.1, 0.15) is 23.2 Å². The van der Waals surface area contributed by atoms with Crippen molar-refractivity contribution < 1.29 is 5.11 Å². The van der Waals surface area contributed by atoms with Crippen LogP contribution in [0.25, 0.3) is 0 Å². The minimum atomic E-state index is -0.0516. The second-order valence-corrected chi connectivity index (χ2v) is 4.47. The molecule has 1 heterocycles. The Balaban J connectivity index is 2.11. The molecule has 1 aromatic carbocycles. The minimum absolute atomic E-state index is 0.0516. The Morgan fingerprint density at radius 1 is 1.30 bits per heavy atom. The molecule has 0 amide bonds. The van der Waals surface area contributed by atoms with Crippen LogP contribution in [-0.4, -0.2) is 21.3 Å². The average Bonchev–Trinajstić information content (AvgIpc) is 2.44. The third-order valence-corrected chi connectivity index (χ3v) is 2.79. The Kier molecular flexibility index (Phi) is 4.70. The summed E-state index contributed by atoms with van der Waals surface area (Å²) in [4.78, 5) is 15.9. The van der Waals surface area contributed by atoms with Gasteiger partial charge in [0.1, 0.15) is 0 Å². The molecule has 2 aromatic rings. The highest BCUT2D eigenvalue weighted by Crippen LogP contribution is 2.04. The van der Waals surface area contributed by atoms with Crippen molar-refractivity contribution in [3.05, 3.63) is 63.8 Å². The molecule has 0 fully saturated rings. The lowest BCUT2D eigenvalue weighted by molar-refractivity contribution is 0.305. The highest BCUT2D eigenvalue weighted by Gasteiger charge is 1.99. The summed E-state index contributed by atoms with van der Waals surface area (Å²) < 4.78 is 1.57. The van der Waals surface area contributed by atoms with Crippen molar-refractivity contribution in [3.8, 4) is 11.8 Å². The van der Waals surface area contributed by atoms with E-state index in [-0.39, 0.29) is 12.2 Å². The summed E-state index contributed by atoms with van der Waals surface area (Å²) in [6.07, 6.45) is 2.04. The molecule has 0 spiro atoms. The van der Waals surface area contributed by atoms with E-state index in [0.29, 0.717) is 13.0 Å². The van der Waals surface area contributed by atoms with Crippen LogP contribution in [-0.2, 0) is 6.54 Å². The molecule has 0 saturated carbocycles. The van der Waals surface area contributed by atoms with Gasteiger partial charge in [-0.05, 0) is 24.6 Å². The number of hydrogen-bond donors (Lipinski definition) is 1. The van der Waals surface area contributed by atoms with Gasteiger partial charge in [0, 0.05) is 23.7 Å². The number of benzene rings is 1. The summed E-state index contributed by atoms with van der Waals surface area (Å²) in [6, 6.07) is 9.22. The predicted molar refractivity (Wildman–Crippen MR) is 77.4 cm³/mol. The lowest BCUT2D eigenvalue weighted by Crippen LogP contribution is -2.20. The fourth-order valence-corrected chi connectivity index (χ4v) is 1.75. The van der Waals surface area contributed by atoms with E-state index in [1.54, 1.807) is 17.8 Å². The third-order valence-electron chi connectivity index (χ3n) is 2.79. The largest absolute Gasteiger partial charge is 0.395 e. The van der Waals surface area contributed by atoms with Gasteiger partial charge < -0.3 is 5.11 Å². The summed E-state index contributed by atoms with van der Waals surface area (Å²) in [7, 11) is 0. The van der Waals surface area contributed by atoms with E-state index >= 15 is 0 Å². The second kappa shape index (κ2) is 6.69. The van der Waals surface area contributed by atoms with Crippen molar-refractivity contribution in [3.63, 3.8) is 0 Å². The maximum Gasteiger partial charge on any atom is 0.253 e. The van der Waals surface area contributed by atoms with Crippen molar-refractivity contribution >= 4 is 0 Å². The zero-order valence-corrected chi connectivity index (χ0v) is 11.3. The highest BCUT2D eigenvalue weighted by atomic mass is 16.2. The molecule has 0 atom stereocenters. The Bertz CT molecular complexity index is 691. The van der Waals surface area contributed by atoms with E-state index in [1.165, 1.54) is 6.07 Å². The van der Waals surface area contributed by atoms with Crippen LogP contribution in [0.2, 0.25) is 0 Å². The first-order valence-electron chi connectivity index (χ1n) is 6.41. The Hall–Kier alpha value is -2.38. The van der Waals surface area contributed by atoms with Gasteiger partial charge in [-0.15, -0.1) is 0 Å². The first-order valence-corrected chi connectivity index (χ1v) is 6.41. The maximum atomic E-state index is 11.8. The van der Waals surface area contributed by atoms with Gasteiger partial charge in [0.2, 0.25) is 0 Å². The van der Waals surface area contributed by atoms with Crippen LogP contribution in [0.5, 0.6) is 0 Å². The highest BCUT2D eigenvalue weighted by molar-refractivity contribution is 5.36. The second-order valence-electron chi connectivity index (χ2n) is 4.47. The van der Waals surface area contributed by atoms with Gasteiger partial charge in [0.05, 0.1) is 19.5 Å². The molecule has 0 aliphatic carbocycles. The summed E-state index contributed by atoms with van der Waals surface area (Å²) in [5.41, 5.74) is 2.59. The summed E-state index contributed by atoms with van der Waals surface area (Å²) in [5.74, 6) is 5.84. The zero-order chi connectivity index (χ0) is 14.4. The van der Waals surface area contributed by atoms with Crippen LogP contribution >= 0.6 is 0 Å². The average molecular weight is 268 g/mol. The van der Waals surface area contributed by atoms with Crippen LogP contribution in [0.15, 0.2) is 41.5 Å². The number of hydrogen-bond acceptors (Lipinski definition) is 3. The fourth-order valence-electron chi connectivity index (χ4n) is 1.75. The number of aliphatic hydroxyl groups is 1. The molecule has 2 rings (SSSR count). The minimum Gasteiger partial charge on any atom is -0.395 e. The molecule has 0 unspecified atom stereocenters. The van der Waals surface area contributed by atoms with Crippen molar-refractivity contribution in [2.45, 2.75) is 19.9 Å². The number of rotatable bonds is 3. The lowest BCUT2D eigenvalue weighted by Gasteiger charge is -2.05. The summed E-state index contributed by atoms with van der Waals surface area (Å²) in [5, 5.41) is 8.66. The van der Waals surface area contributed by atoms with Crippen molar-refractivity contribution in [2.75, 3.05) is 6.61 Å². The van der Waals surface area contributed by atoms with Crippen molar-refractivity contribution in [1.82, 2.24) is 9.55 Å². The quantitative estimate of drug-likeness (QED) is 0.855. The fraction of sp³-hybridized carbons (Fsp3) is 0.250. The van der Waals surface area contributed by atoms with Gasteiger partial charge in [-0.3, -0.25) is 9.36 Å². The summed E-state index contributed by atoms with van der Waals surface area (Å²) in [6.45, 7) is 2.37. The molecule has 0 radical (unpaired) electrons. The standard InChI is InChI=1S/C16H16N2O2/c1-13-10-16(20)18(12-17-13)11-15-7-5-14(6-8-15)4-2-3-9-19/h5-8,10,12,19H,3,9,11H2,1H3. The van der Waals surface area contributed by atoms with Gasteiger partial charge >= 0.3 is 0 Å². The molecule has 0 aliphatic heterocycles. The number of nitrogens with zero attached hydrogens (tertiary/aromatic N) is 2. The van der Waals surface area contributed by atoms with E-state index in [4.69, 9.17) is 5.11 Å². The number of aliphatic hydroxyl groups excluding tert-OH is 1. The van der Waals surface area contributed by atoms with E-state index < -0.39 is 0 Å². The first-order chi connectivity index (χ1) is 9.69. The Morgan fingerprint density at radius 3 is 2.70 bits per heavy atom. The molecule has 0 bridgehead atoms. The molecule has 4 heteroatoms. The molecule has 20 heavy (non-hydrogen) atoms. The Labute approximate surface area is 117 Å². The molecule has 1 N–H and O–H groups in total. The zero-order valence-electron chi connectivity index (χ0n) is 11.3. The molecular weight excluding hydrogens is 252 g/mol. The number of aromatic nitrogens is 2. The van der Waals surface area contributed by atoms with Gasteiger partial charge in [-0.1, -0.05) is 24.0 Å². The number of aryl methyl sites for hydroxylation is 1. The van der Waals surface area contributed by atoms with E-state index in [0.717, 1.165) is 16.8 Å².